The second kappa shape index (κ2) is 7.60. The van der Waals surface area contributed by atoms with Gasteiger partial charge in [0.25, 0.3) is 0 Å². The van der Waals surface area contributed by atoms with Gasteiger partial charge in [0.15, 0.2) is 5.82 Å². The zero-order valence-electron chi connectivity index (χ0n) is 17.6. The van der Waals surface area contributed by atoms with E-state index in [1.54, 1.807) is 36.3 Å². The maximum absolute atomic E-state index is 13.4. The van der Waals surface area contributed by atoms with Crippen LogP contribution in [0.1, 0.15) is 38.0 Å². The van der Waals surface area contributed by atoms with E-state index < -0.39 is 5.54 Å². The van der Waals surface area contributed by atoms with Crippen molar-refractivity contribution < 1.29 is 9.21 Å². The number of urea groups is 1. The number of aryl methyl sites for hydroxylation is 1. The van der Waals surface area contributed by atoms with Gasteiger partial charge in [-0.05, 0) is 37.0 Å². The Bertz CT molecular complexity index is 1230. The molecular formula is C21H21ClN8O2. The van der Waals surface area contributed by atoms with E-state index in [1.165, 1.54) is 0 Å². The van der Waals surface area contributed by atoms with Crippen LogP contribution in [-0.4, -0.2) is 41.9 Å². The lowest BCUT2D eigenvalue weighted by Crippen LogP contribution is -2.70. The molecule has 32 heavy (non-hydrogen) atoms. The predicted octanol–water partition coefficient (Wildman–Crippen LogP) is 3.52. The standard InChI is InChI=1S/C21H21ClN8O2/c1-12-7-14-10-21(9-12,19-27-26-17(32-19)5-6-23)30(14)20(31)25-13-3-4-16(22)15(8-13)18-24-11-29(2)28-18/h3-4,8,11-12,14H,5,7,9-10H2,1-2H3,(H,25,31)/t12-,14+,21?/m0/s1. The molecule has 1 saturated carbocycles. The Labute approximate surface area is 189 Å². The number of rotatable bonds is 4. The fourth-order valence-corrected chi connectivity index (χ4v) is 5.15. The van der Waals surface area contributed by atoms with E-state index in [9.17, 15) is 4.79 Å². The Morgan fingerprint density at radius 1 is 1.41 bits per heavy atom. The number of benzene rings is 1. The van der Waals surface area contributed by atoms with Crippen molar-refractivity contribution in [2.24, 2.45) is 13.0 Å². The Kier molecular flexibility index (Phi) is 4.86. The highest BCUT2D eigenvalue weighted by Gasteiger charge is 2.62. The SMILES string of the molecule is C[C@H]1C[C@@H]2CC(c3nnc(CC#N)o3)(C1)N2C(=O)Nc1ccc(Cl)c(-c2ncn(C)n2)c1. The van der Waals surface area contributed by atoms with Crippen LogP contribution in [0.15, 0.2) is 28.9 Å². The molecular weight excluding hydrogens is 432 g/mol. The van der Waals surface area contributed by atoms with Crippen molar-refractivity contribution in [3.05, 3.63) is 41.3 Å². The van der Waals surface area contributed by atoms with Gasteiger partial charge in [0, 0.05) is 30.8 Å². The van der Waals surface area contributed by atoms with E-state index in [4.69, 9.17) is 21.3 Å². The predicted molar refractivity (Wildman–Crippen MR) is 114 cm³/mol. The number of fused-ring (bicyclic) bond motifs is 2. The summed E-state index contributed by atoms with van der Waals surface area (Å²) < 4.78 is 7.37. The van der Waals surface area contributed by atoms with Crippen molar-refractivity contribution in [3.63, 3.8) is 0 Å². The highest BCUT2D eigenvalue weighted by molar-refractivity contribution is 6.33. The Morgan fingerprint density at radius 3 is 3.00 bits per heavy atom. The summed E-state index contributed by atoms with van der Waals surface area (Å²) in [5.74, 6) is 1.57. The van der Waals surface area contributed by atoms with E-state index in [1.807, 2.05) is 11.0 Å². The highest BCUT2D eigenvalue weighted by Crippen LogP contribution is 2.55. The molecule has 10 nitrogen and oxygen atoms in total. The smallest absolute Gasteiger partial charge is 0.323 e. The van der Waals surface area contributed by atoms with Gasteiger partial charge in [0.1, 0.15) is 18.3 Å². The quantitative estimate of drug-likeness (QED) is 0.641. The molecule has 1 unspecified atom stereocenters. The van der Waals surface area contributed by atoms with Gasteiger partial charge in [-0.15, -0.1) is 10.2 Å². The second-order valence-corrected chi connectivity index (χ2v) is 8.91. The molecule has 2 aromatic heterocycles. The van der Waals surface area contributed by atoms with Crippen LogP contribution in [0.3, 0.4) is 0 Å². The normalized spacial score (nSPS) is 24.0. The molecule has 11 heteroatoms. The van der Waals surface area contributed by atoms with Crippen LogP contribution in [0, 0.1) is 17.2 Å². The summed E-state index contributed by atoms with van der Waals surface area (Å²) in [5.41, 5.74) is 0.575. The number of nitriles is 1. The maximum atomic E-state index is 13.4. The van der Waals surface area contributed by atoms with Gasteiger partial charge < -0.3 is 14.6 Å². The zero-order chi connectivity index (χ0) is 22.5. The minimum absolute atomic E-state index is 0.0450. The summed E-state index contributed by atoms with van der Waals surface area (Å²) in [7, 11) is 1.78. The van der Waals surface area contributed by atoms with E-state index in [-0.39, 0.29) is 24.4 Å². The molecule has 0 spiro atoms. The third kappa shape index (κ3) is 3.29. The number of piperidine rings is 1. The maximum Gasteiger partial charge on any atom is 0.323 e. The summed E-state index contributed by atoms with van der Waals surface area (Å²) in [4.78, 5) is 19.4. The average Bonchev–Trinajstić information content (AvgIpc) is 3.38. The van der Waals surface area contributed by atoms with Crippen LogP contribution in [0.25, 0.3) is 11.4 Å². The molecule has 2 amide bonds. The number of carbonyl (C=O) groups is 1. The third-order valence-electron chi connectivity index (χ3n) is 6.13. The first-order valence-electron chi connectivity index (χ1n) is 10.4. The monoisotopic (exact) mass is 452 g/mol. The van der Waals surface area contributed by atoms with E-state index in [0.29, 0.717) is 33.9 Å². The Hall–Kier alpha value is -3.45. The van der Waals surface area contributed by atoms with Crippen molar-refractivity contribution >= 4 is 23.3 Å². The van der Waals surface area contributed by atoms with Crippen LogP contribution in [0.2, 0.25) is 5.02 Å². The molecule has 164 valence electrons. The largest absolute Gasteiger partial charge is 0.422 e. The number of hydrogen-bond donors (Lipinski definition) is 1. The fraction of sp³-hybridized carbons (Fsp3) is 0.429. The summed E-state index contributed by atoms with van der Waals surface area (Å²) in [6, 6.07) is 7.09. The Morgan fingerprint density at radius 2 is 2.25 bits per heavy atom. The molecule has 1 aromatic carbocycles. The number of aromatic nitrogens is 5. The zero-order valence-corrected chi connectivity index (χ0v) is 18.4. The number of amides is 2. The molecule has 4 heterocycles. The molecule has 6 rings (SSSR count). The van der Waals surface area contributed by atoms with E-state index >= 15 is 0 Å². The summed E-state index contributed by atoms with van der Waals surface area (Å²) in [6.07, 6.45) is 4.05. The highest BCUT2D eigenvalue weighted by atomic mass is 35.5. The molecule has 2 aliphatic heterocycles. The number of nitrogens with one attached hydrogen (secondary N) is 1. The van der Waals surface area contributed by atoms with Crippen LogP contribution in [0.4, 0.5) is 10.5 Å². The van der Waals surface area contributed by atoms with Crippen molar-refractivity contribution in [2.45, 2.75) is 44.2 Å². The minimum Gasteiger partial charge on any atom is -0.422 e. The lowest BCUT2D eigenvalue weighted by atomic mass is 9.64. The average molecular weight is 453 g/mol. The number of anilines is 1. The van der Waals surface area contributed by atoms with Crippen LogP contribution in [-0.2, 0) is 19.0 Å². The van der Waals surface area contributed by atoms with Gasteiger partial charge in [-0.25, -0.2) is 9.78 Å². The molecule has 3 atom stereocenters. The van der Waals surface area contributed by atoms with Gasteiger partial charge in [-0.1, -0.05) is 18.5 Å². The molecule has 0 radical (unpaired) electrons. The van der Waals surface area contributed by atoms with Crippen LogP contribution in [0.5, 0.6) is 0 Å². The molecule has 3 aromatic rings. The van der Waals surface area contributed by atoms with Crippen LogP contribution < -0.4 is 5.32 Å². The summed E-state index contributed by atoms with van der Waals surface area (Å²) >= 11 is 6.34. The lowest BCUT2D eigenvalue weighted by molar-refractivity contribution is -0.110. The topological polar surface area (TPSA) is 126 Å². The van der Waals surface area contributed by atoms with Crippen molar-refractivity contribution in [1.82, 2.24) is 29.9 Å². The second-order valence-electron chi connectivity index (χ2n) is 8.51. The third-order valence-corrected chi connectivity index (χ3v) is 6.46. The molecule has 1 aliphatic carbocycles. The first kappa shape index (κ1) is 20.5. The van der Waals surface area contributed by atoms with Gasteiger partial charge in [0.05, 0.1) is 11.1 Å². The first-order valence-corrected chi connectivity index (χ1v) is 10.7. The number of nitrogens with zero attached hydrogens (tertiary/aromatic N) is 7. The summed E-state index contributed by atoms with van der Waals surface area (Å²) in [5, 5.41) is 24.9. The number of hydrogen-bond acceptors (Lipinski definition) is 7. The van der Waals surface area contributed by atoms with Crippen LogP contribution >= 0.6 is 11.6 Å². The molecule has 1 N–H and O–H groups in total. The molecule has 2 bridgehead atoms. The van der Waals surface area contributed by atoms with Crippen molar-refractivity contribution in [3.8, 4) is 17.5 Å². The van der Waals surface area contributed by atoms with E-state index in [0.717, 1.165) is 19.3 Å². The van der Waals surface area contributed by atoms with Gasteiger partial charge >= 0.3 is 6.03 Å². The fourth-order valence-electron chi connectivity index (χ4n) is 4.95. The van der Waals surface area contributed by atoms with Gasteiger partial charge in [-0.3, -0.25) is 4.68 Å². The van der Waals surface area contributed by atoms with Crippen molar-refractivity contribution in [1.29, 1.82) is 5.26 Å². The molecule has 3 fully saturated rings. The number of carbonyl (C=O) groups excluding carboxylic acids is 1. The van der Waals surface area contributed by atoms with E-state index in [2.05, 4.69) is 32.5 Å². The first-order chi connectivity index (χ1) is 15.4. The lowest BCUT2D eigenvalue weighted by Gasteiger charge is -2.61. The molecule has 2 saturated heterocycles. The number of halogens is 1. The van der Waals surface area contributed by atoms with Gasteiger partial charge in [-0.2, -0.15) is 10.4 Å². The van der Waals surface area contributed by atoms with Gasteiger partial charge in [0.2, 0.25) is 11.8 Å². The molecule has 3 aliphatic rings. The summed E-state index contributed by atoms with van der Waals surface area (Å²) in [6.45, 7) is 2.16. The minimum atomic E-state index is -0.648. The van der Waals surface area contributed by atoms with Crippen molar-refractivity contribution in [2.75, 3.05) is 5.32 Å². The Balaban J connectivity index is 1.42.